The lowest BCUT2D eigenvalue weighted by atomic mass is 9.91. The molecule has 1 aliphatic heterocycles. The lowest BCUT2D eigenvalue weighted by molar-refractivity contribution is 0.0950. The van der Waals surface area contributed by atoms with Gasteiger partial charge in [-0.1, -0.05) is 67.4 Å². The van der Waals surface area contributed by atoms with Gasteiger partial charge < -0.3 is 10.6 Å². The van der Waals surface area contributed by atoms with Crippen molar-refractivity contribution in [2.24, 2.45) is 11.8 Å². The number of hydrogen-bond donors (Lipinski definition) is 2. The summed E-state index contributed by atoms with van der Waals surface area (Å²) < 4.78 is 28.6. The third kappa shape index (κ3) is 7.43. The molecule has 10 heteroatoms. The van der Waals surface area contributed by atoms with Crippen molar-refractivity contribution in [3.8, 4) is 0 Å². The molecule has 1 aliphatic rings. The molecule has 4 rings (SSSR count). The number of piperidine rings is 1. The Kier molecular flexibility index (Phi) is 9.90. The van der Waals surface area contributed by atoms with Crippen LogP contribution in [0.5, 0.6) is 0 Å². The summed E-state index contributed by atoms with van der Waals surface area (Å²) in [4.78, 5) is 25.8. The quantitative estimate of drug-likeness (QED) is 0.302. The van der Waals surface area contributed by atoms with Crippen LogP contribution in [0.2, 0.25) is 10.0 Å². The van der Waals surface area contributed by atoms with Gasteiger partial charge >= 0.3 is 0 Å². The average Bonchev–Trinajstić information content (AvgIpc) is 2.93. The first-order valence-corrected chi connectivity index (χ1v) is 15.5. The Bertz CT molecular complexity index is 1470. The van der Waals surface area contributed by atoms with Crippen molar-refractivity contribution in [3.63, 3.8) is 0 Å². The zero-order valence-electron chi connectivity index (χ0n) is 22.5. The van der Waals surface area contributed by atoms with E-state index in [9.17, 15) is 18.0 Å². The smallest absolute Gasteiger partial charge is 0.255 e. The van der Waals surface area contributed by atoms with Crippen molar-refractivity contribution in [1.82, 2.24) is 9.62 Å². The van der Waals surface area contributed by atoms with Gasteiger partial charge in [0.15, 0.2) is 0 Å². The summed E-state index contributed by atoms with van der Waals surface area (Å²) in [6, 6.07) is 18.9. The maximum absolute atomic E-state index is 13.6. The van der Waals surface area contributed by atoms with Gasteiger partial charge in [0, 0.05) is 30.2 Å². The van der Waals surface area contributed by atoms with E-state index in [4.69, 9.17) is 23.2 Å². The number of nitrogens with zero attached hydrogens (tertiary/aromatic N) is 1. The monoisotopic (exact) mass is 601 g/mol. The molecule has 1 heterocycles. The summed E-state index contributed by atoms with van der Waals surface area (Å²) in [5.74, 6) is -0.311. The molecule has 3 aromatic rings. The Morgan fingerprint density at radius 3 is 2.33 bits per heavy atom. The zero-order chi connectivity index (χ0) is 28.9. The standard InChI is InChI=1S/C30H33Cl2N3O4S/c1-20(2)19-33-30(37)25-18-24(31)9-11-27(25)34-29(36)23-8-10-26(32)28(17-23)40(38,39)35-14-12-22(13-15-35)16-21-6-4-3-5-7-21/h3-11,17-18,20,22H,12-16,19H2,1-2H3,(H,33,37)(H,34,36). The molecule has 2 amide bonds. The van der Waals surface area contributed by atoms with E-state index in [1.807, 2.05) is 32.0 Å². The highest BCUT2D eigenvalue weighted by Gasteiger charge is 2.31. The fraction of sp³-hybridized carbons (Fsp3) is 0.333. The van der Waals surface area contributed by atoms with Crippen molar-refractivity contribution in [1.29, 1.82) is 0 Å². The Labute approximate surface area is 245 Å². The van der Waals surface area contributed by atoms with Gasteiger partial charge in [-0.15, -0.1) is 0 Å². The van der Waals surface area contributed by atoms with Crippen LogP contribution in [0.25, 0.3) is 0 Å². The second-order valence-electron chi connectivity index (χ2n) is 10.4. The number of halogens is 2. The molecule has 212 valence electrons. The number of anilines is 1. The third-order valence-corrected chi connectivity index (χ3v) is 9.51. The Balaban J connectivity index is 1.49. The van der Waals surface area contributed by atoms with Crippen molar-refractivity contribution in [2.75, 3.05) is 25.0 Å². The Morgan fingerprint density at radius 2 is 1.65 bits per heavy atom. The summed E-state index contributed by atoms with van der Waals surface area (Å²) in [6.45, 7) is 5.17. The van der Waals surface area contributed by atoms with Crippen LogP contribution < -0.4 is 10.6 Å². The lowest BCUT2D eigenvalue weighted by Crippen LogP contribution is -2.39. The summed E-state index contributed by atoms with van der Waals surface area (Å²) >= 11 is 12.5. The van der Waals surface area contributed by atoms with E-state index in [1.165, 1.54) is 40.2 Å². The number of rotatable bonds is 9. The third-order valence-electron chi connectivity index (χ3n) is 6.90. The molecule has 1 fully saturated rings. The molecule has 0 saturated carbocycles. The molecule has 40 heavy (non-hydrogen) atoms. The van der Waals surface area contributed by atoms with E-state index >= 15 is 0 Å². The van der Waals surface area contributed by atoms with Crippen molar-refractivity contribution in [2.45, 2.75) is 38.0 Å². The molecule has 3 aromatic carbocycles. The van der Waals surface area contributed by atoms with Crippen LogP contribution >= 0.6 is 23.2 Å². The molecule has 0 atom stereocenters. The largest absolute Gasteiger partial charge is 0.352 e. The van der Waals surface area contributed by atoms with Crippen LogP contribution in [0.1, 0.15) is 53.0 Å². The SMILES string of the molecule is CC(C)CNC(=O)c1cc(Cl)ccc1NC(=O)c1ccc(Cl)c(S(=O)(=O)N2CCC(Cc3ccccc3)CC2)c1. The average molecular weight is 603 g/mol. The second kappa shape index (κ2) is 13.2. The van der Waals surface area contributed by atoms with Gasteiger partial charge in [-0.25, -0.2) is 8.42 Å². The molecule has 1 saturated heterocycles. The van der Waals surface area contributed by atoms with Crippen LogP contribution in [0.15, 0.2) is 71.6 Å². The van der Waals surface area contributed by atoms with E-state index in [0.29, 0.717) is 30.6 Å². The minimum Gasteiger partial charge on any atom is -0.352 e. The molecular formula is C30H33Cl2N3O4S. The molecule has 2 N–H and O–H groups in total. The predicted molar refractivity (Wildman–Crippen MR) is 160 cm³/mol. The van der Waals surface area contributed by atoms with E-state index in [2.05, 4.69) is 22.8 Å². The normalized spacial score (nSPS) is 14.7. The number of amides is 2. The van der Waals surface area contributed by atoms with Crippen molar-refractivity contribution in [3.05, 3.63) is 93.5 Å². The summed E-state index contributed by atoms with van der Waals surface area (Å²) in [5.41, 5.74) is 1.81. The van der Waals surface area contributed by atoms with Crippen molar-refractivity contribution < 1.29 is 18.0 Å². The number of hydrogen-bond acceptors (Lipinski definition) is 4. The maximum Gasteiger partial charge on any atom is 0.255 e. The van der Waals surface area contributed by atoms with Crippen LogP contribution in [-0.2, 0) is 16.4 Å². The topological polar surface area (TPSA) is 95.6 Å². The Hall–Kier alpha value is -2.91. The maximum atomic E-state index is 13.6. The molecular weight excluding hydrogens is 569 g/mol. The van der Waals surface area contributed by atoms with Crippen LogP contribution in [0.4, 0.5) is 5.69 Å². The van der Waals surface area contributed by atoms with Crippen LogP contribution in [0.3, 0.4) is 0 Å². The summed E-state index contributed by atoms with van der Waals surface area (Å²) in [7, 11) is -3.92. The molecule has 0 radical (unpaired) electrons. The van der Waals surface area contributed by atoms with E-state index in [-0.39, 0.29) is 38.6 Å². The molecule has 0 aromatic heterocycles. The van der Waals surface area contributed by atoms with Crippen molar-refractivity contribution >= 4 is 50.7 Å². The number of carbonyl (C=O) groups is 2. The lowest BCUT2D eigenvalue weighted by Gasteiger charge is -2.31. The van der Waals surface area contributed by atoms with Gasteiger partial charge in [0.2, 0.25) is 10.0 Å². The number of benzene rings is 3. The zero-order valence-corrected chi connectivity index (χ0v) is 24.8. The number of nitrogens with one attached hydrogen (secondary N) is 2. The minimum absolute atomic E-state index is 0.0446. The number of sulfonamides is 1. The molecule has 0 spiro atoms. The number of carbonyl (C=O) groups excluding carboxylic acids is 2. The van der Waals surface area contributed by atoms with Gasteiger partial charge in [-0.05, 0) is 73.1 Å². The van der Waals surface area contributed by atoms with E-state index in [1.54, 1.807) is 6.07 Å². The first-order valence-electron chi connectivity index (χ1n) is 13.3. The van der Waals surface area contributed by atoms with Gasteiger partial charge in [-0.2, -0.15) is 4.31 Å². The summed E-state index contributed by atoms with van der Waals surface area (Å²) in [5, 5.41) is 5.93. The molecule has 0 aliphatic carbocycles. The summed E-state index contributed by atoms with van der Waals surface area (Å²) in [6.07, 6.45) is 2.39. The van der Waals surface area contributed by atoms with Gasteiger partial charge in [0.1, 0.15) is 4.90 Å². The van der Waals surface area contributed by atoms with Gasteiger partial charge in [0.05, 0.1) is 16.3 Å². The van der Waals surface area contributed by atoms with E-state index in [0.717, 1.165) is 19.3 Å². The van der Waals surface area contributed by atoms with E-state index < -0.39 is 15.9 Å². The minimum atomic E-state index is -3.92. The fourth-order valence-electron chi connectivity index (χ4n) is 4.68. The molecule has 0 bridgehead atoms. The predicted octanol–water partition coefficient (Wildman–Crippen LogP) is 6.27. The fourth-order valence-corrected chi connectivity index (χ4v) is 6.82. The van der Waals surface area contributed by atoms with Crippen LogP contribution in [0, 0.1) is 11.8 Å². The molecule has 0 unspecified atom stereocenters. The first-order chi connectivity index (χ1) is 19.0. The first kappa shape index (κ1) is 30.1. The Morgan fingerprint density at radius 1 is 0.950 bits per heavy atom. The van der Waals surface area contributed by atoms with Gasteiger partial charge in [0.25, 0.3) is 11.8 Å². The second-order valence-corrected chi connectivity index (χ2v) is 13.2. The highest BCUT2D eigenvalue weighted by Crippen LogP contribution is 2.31. The highest BCUT2D eigenvalue weighted by molar-refractivity contribution is 7.89. The highest BCUT2D eigenvalue weighted by atomic mass is 35.5. The van der Waals surface area contributed by atoms with Gasteiger partial charge in [-0.3, -0.25) is 9.59 Å². The van der Waals surface area contributed by atoms with Crippen LogP contribution in [-0.4, -0.2) is 44.2 Å². The molecule has 7 nitrogen and oxygen atoms in total.